The maximum absolute atomic E-state index is 6.37. The van der Waals surface area contributed by atoms with Crippen molar-refractivity contribution in [2.75, 3.05) is 7.11 Å². The molecule has 0 saturated heterocycles. The molecule has 1 heterocycles. The molecular weight excluding hydrogens is 304 g/mol. The Morgan fingerprint density at radius 3 is 2.68 bits per heavy atom. The molecule has 0 aliphatic carbocycles. The van der Waals surface area contributed by atoms with Crippen molar-refractivity contribution in [2.45, 2.75) is 18.9 Å². The number of methoxy groups -OCH3 is 1. The monoisotopic (exact) mass is 320 g/mol. The van der Waals surface area contributed by atoms with E-state index in [2.05, 4.69) is 27.8 Å². The lowest BCUT2D eigenvalue weighted by molar-refractivity contribution is 0.413. The number of hydrogen-bond donors (Lipinski definition) is 1. The summed E-state index contributed by atoms with van der Waals surface area (Å²) in [6, 6.07) is 11.6. The number of halogens is 1. The Labute approximate surface area is 121 Å². The predicted molar refractivity (Wildman–Crippen MR) is 80.3 cm³/mol. The van der Waals surface area contributed by atoms with Gasteiger partial charge in [-0.3, -0.25) is 4.98 Å². The smallest absolute Gasteiger partial charge is 0.119 e. The third-order valence-electron chi connectivity index (χ3n) is 3.26. The molecule has 19 heavy (non-hydrogen) atoms. The largest absolute Gasteiger partial charge is 0.497 e. The van der Waals surface area contributed by atoms with Gasteiger partial charge in [-0.1, -0.05) is 28.9 Å². The Morgan fingerprint density at radius 1 is 1.26 bits per heavy atom. The molecule has 2 aromatic rings. The molecule has 0 spiro atoms. The molecule has 0 aliphatic heterocycles. The molecule has 1 aromatic heterocycles. The van der Waals surface area contributed by atoms with E-state index in [1.807, 2.05) is 36.4 Å². The number of hydrogen-bond acceptors (Lipinski definition) is 3. The molecule has 0 aliphatic rings. The van der Waals surface area contributed by atoms with Crippen LogP contribution in [0.25, 0.3) is 0 Å². The summed E-state index contributed by atoms with van der Waals surface area (Å²) in [5, 5.41) is 0. The Bertz CT molecular complexity index is 545. The molecule has 2 rings (SSSR count). The first-order valence-electron chi connectivity index (χ1n) is 6.13. The first kappa shape index (κ1) is 14.0. The highest BCUT2D eigenvalue weighted by Crippen LogP contribution is 2.33. The summed E-state index contributed by atoms with van der Waals surface area (Å²) in [6.45, 7) is 2.08. The van der Waals surface area contributed by atoms with Crippen LogP contribution in [0, 0.1) is 0 Å². The lowest BCUT2D eigenvalue weighted by Gasteiger charge is -2.21. The van der Waals surface area contributed by atoms with Crippen LogP contribution in [0.3, 0.4) is 0 Å². The van der Waals surface area contributed by atoms with Gasteiger partial charge < -0.3 is 10.5 Å². The van der Waals surface area contributed by atoms with Crippen LogP contribution in [0.1, 0.15) is 30.1 Å². The molecule has 2 N–H and O–H groups in total. The summed E-state index contributed by atoms with van der Waals surface area (Å²) in [4.78, 5) is 4.37. The zero-order valence-electron chi connectivity index (χ0n) is 11.0. The summed E-state index contributed by atoms with van der Waals surface area (Å²) < 4.78 is 6.24. The highest BCUT2D eigenvalue weighted by Gasteiger charge is 2.20. The number of benzene rings is 1. The van der Waals surface area contributed by atoms with E-state index in [9.17, 15) is 0 Å². The van der Waals surface area contributed by atoms with Gasteiger partial charge in [0.1, 0.15) is 5.75 Å². The van der Waals surface area contributed by atoms with Crippen LogP contribution < -0.4 is 10.5 Å². The van der Waals surface area contributed by atoms with E-state index < -0.39 is 0 Å². The van der Waals surface area contributed by atoms with E-state index in [-0.39, 0.29) is 12.0 Å². The third-order valence-corrected chi connectivity index (χ3v) is 3.98. The van der Waals surface area contributed by atoms with Gasteiger partial charge in [0.2, 0.25) is 0 Å². The van der Waals surface area contributed by atoms with Gasteiger partial charge in [-0.05, 0) is 35.9 Å². The van der Waals surface area contributed by atoms with Crippen molar-refractivity contribution < 1.29 is 4.74 Å². The normalized spacial score (nSPS) is 13.9. The lowest BCUT2D eigenvalue weighted by Crippen LogP contribution is -2.19. The maximum Gasteiger partial charge on any atom is 0.119 e. The van der Waals surface area contributed by atoms with Gasteiger partial charge in [0, 0.05) is 28.3 Å². The van der Waals surface area contributed by atoms with E-state index >= 15 is 0 Å². The van der Waals surface area contributed by atoms with E-state index in [0.717, 1.165) is 21.5 Å². The number of ether oxygens (including phenoxy) is 1. The van der Waals surface area contributed by atoms with Gasteiger partial charge >= 0.3 is 0 Å². The van der Waals surface area contributed by atoms with E-state index in [4.69, 9.17) is 10.5 Å². The number of nitrogens with two attached hydrogens (primary N) is 1. The zero-order chi connectivity index (χ0) is 13.8. The first-order chi connectivity index (χ1) is 9.13. The van der Waals surface area contributed by atoms with Crippen LogP contribution in [0.15, 0.2) is 47.1 Å². The van der Waals surface area contributed by atoms with E-state index in [1.165, 1.54) is 0 Å². The van der Waals surface area contributed by atoms with Crippen LogP contribution >= 0.6 is 15.9 Å². The van der Waals surface area contributed by atoms with Gasteiger partial charge in [0.05, 0.1) is 7.11 Å². The molecule has 0 radical (unpaired) electrons. The molecule has 0 fully saturated rings. The fourth-order valence-corrected chi connectivity index (χ4v) is 2.51. The fourth-order valence-electron chi connectivity index (χ4n) is 2.00. The van der Waals surface area contributed by atoms with E-state index in [0.29, 0.717) is 0 Å². The van der Waals surface area contributed by atoms with Crippen molar-refractivity contribution in [1.82, 2.24) is 4.98 Å². The van der Waals surface area contributed by atoms with Crippen LogP contribution in [0.5, 0.6) is 5.75 Å². The minimum absolute atomic E-state index is 0.129. The van der Waals surface area contributed by atoms with Crippen molar-refractivity contribution in [1.29, 1.82) is 0 Å². The minimum atomic E-state index is -0.139. The number of rotatable bonds is 4. The molecule has 3 nitrogen and oxygen atoms in total. The highest BCUT2D eigenvalue weighted by atomic mass is 79.9. The SMILES string of the molecule is COc1ccc(Br)c(C(N)C(C)c2ccccn2)c1. The molecule has 100 valence electrons. The van der Waals surface area contributed by atoms with Crippen LogP contribution in [0.2, 0.25) is 0 Å². The first-order valence-corrected chi connectivity index (χ1v) is 6.92. The Morgan fingerprint density at radius 2 is 2.05 bits per heavy atom. The summed E-state index contributed by atoms with van der Waals surface area (Å²) in [7, 11) is 1.65. The van der Waals surface area contributed by atoms with Gasteiger partial charge in [-0.2, -0.15) is 0 Å². The molecular formula is C15H17BrN2O. The van der Waals surface area contributed by atoms with Gasteiger partial charge in [0.15, 0.2) is 0 Å². The second-order valence-electron chi connectivity index (χ2n) is 4.46. The van der Waals surface area contributed by atoms with Crippen LogP contribution in [-0.2, 0) is 0 Å². The van der Waals surface area contributed by atoms with Crippen LogP contribution in [0.4, 0.5) is 0 Å². The molecule has 1 aromatic carbocycles. The quantitative estimate of drug-likeness (QED) is 0.935. The number of aromatic nitrogens is 1. The molecule has 4 heteroatoms. The fraction of sp³-hybridized carbons (Fsp3) is 0.267. The third kappa shape index (κ3) is 3.14. The maximum atomic E-state index is 6.37. The average molecular weight is 321 g/mol. The second-order valence-corrected chi connectivity index (χ2v) is 5.31. The second kappa shape index (κ2) is 6.17. The van der Waals surface area contributed by atoms with Gasteiger partial charge in [-0.15, -0.1) is 0 Å². The molecule has 0 bridgehead atoms. The standard InChI is InChI=1S/C15H17BrN2O/c1-10(14-5-3-4-8-18-14)15(17)12-9-11(19-2)6-7-13(12)16/h3-10,15H,17H2,1-2H3. The van der Waals surface area contributed by atoms with Crippen molar-refractivity contribution >= 4 is 15.9 Å². The molecule has 0 amide bonds. The molecule has 2 atom stereocenters. The number of pyridine rings is 1. The minimum Gasteiger partial charge on any atom is -0.497 e. The predicted octanol–water partition coefficient (Wildman–Crippen LogP) is 3.66. The van der Waals surface area contributed by atoms with Crippen molar-refractivity contribution in [2.24, 2.45) is 5.73 Å². The Balaban J connectivity index is 2.31. The summed E-state index contributed by atoms with van der Waals surface area (Å²) in [6.07, 6.45) is 1.79. The van der Waals surface area contributed by atoms with Gasteiger partial charge in [-0.25, -0.2) is 0 Å². The zero-order valence-corrected chi connectivity index (χ0v) is 12.6. The molecule has 0 saturated carbocycles. The lowest BCUT2D eigenvalue weighted by atomic mass is 9.92. The topological polar surface area (TPSA) is 48.1 Å². The van der Waals surface area contributed by atoms with Gasteiger partial charge in [0.25, 0.3) is 0 Å². The van der Waals surface area contributed by atoms with Crippen molar-refractivity contribution in [3.63, 3.8) is 0 Å². The summed E-state index contributed by atoms with van der Waals surface area (Å²) in [5.41, 5.74) is 8.39. The average Bonchev–Trinajstić information content (AvgIpc) is 2.47. The highest BCUT2D eigenvalue weighted by molar-refractivity contribution is 9.10. The van der Waals surface area contributed by atoms with Crippen molar-refractivity contribution in [3.05, 3.63) is 58.3 Å². The van der Waals surface area contributed by atoms with Crippen molar-refractivity contribution in [3.8, 4) is 5.75 Å². The summed E-state index contributed by atoms with van der Waals surface area (Å²) in [5.74, 6) is 0.937. The van der Waals surface area contributed by atoms with Crippen LogP contribution in [-0.4, -0.2) is 12.1 Å². The number of nitrogens with zero attached hydrogens (tertiary/aromatic N) is 1. The Hall–Kier alpha value is -1.39. The summed E-state index contributed by atoms with van der Waals surface area (Å²) >= 11 is 3.55. The van der Waals surface area contributed by atoms with E-state index in [1.54, 1.807) is 13.3 Å². The molecule has 2 unspecified atom stereocenters. The Kier molecular flexibility index (Phi) is 4.56.